The van der Waals surface area contributed by atoms with E-state index in [0.29, 0.717) is 0 Å². The second-order valence-corrected chi connectivity index (χ2v) is 9.76. The van der Waals surface area contributed by atoms with Crippen LogP contribution in [0.2, 0.25) is 0 Å². The van der Waals surface area contributed by atoms with Gasteiger partial charge in [-0.2, -0.15) is 0 Å². The Morgan fingerprint density at radius 1 is 0.618 bits per heavy atom. The number of hydrogen-bond donors (Lipinski definition) is 0. The van der Waals surface area contributed by atoms with Gasteiger partial charge in [0.2, 0.25) is 0 Å². The molecule has 170 valence electrons. The average Bonchev–Trinajstić information content (AvgIpc) is 3.31. The van der Waals surface area contributed by atoms with Crippen LogP contribution in [0.1, 0.15) is 53.7 Å². The first-order chi connectivity index (χ1) is 16.9. The van der Waals surface area contributed by atoms with Crippen LogP contribution in [-0.2, 0) is 0 Å². The van der Waals surface area contributed by atoms with Crippen molar-refractivity contribution in [2.24, 2.45) is 0 Å². The SMILES string of the molecule is [2H]C1(c2ccccc2)c2ccccc2N2C(c3c(C)cccc3C)N(c3ccccc3C)[C@@H](C)C21. The molecule has 2 heterocycles. The van der Waals surface area contributed by atoms with Crippen LogP contribution in [0.15, 0.2) is 97.1 Å². The van der Waals surface area contributed by atoms with E-state index in [9.17, 15) is 1.37 Å². The lowest BCUT2D eigenvalue weighted by atomic mass is 9.85. The summed E-state index contributed by atoms with van der Waals surface area (Å²) in [5.41, 5.74) is 9.77. The summed E-state index contributed by atoms with van der Waals surface area (Å²) in [6.45, 7) is 8.97. The van der Waals surface area contributed by atoms with E-state index in [1.165, 1.54) is 33.6 Å². The van der Waals surface area contributed by atoms with Gasteiger partial charge in [0.25, 0.3) is 0 Å². The Bertz CT molecular complexity index is 1380. The maximum atomic E-state index is 10.2. The normalized spacial score (nSPS) is 25.8. The fraction of sp³-hybridized carbons (Fsp3) is 0.250. The van der Waals surface area contributed by atoms with E-state index in [2.05, 4.69) is 128 Å². The van der Waals surface area contributed by atoms with Crippen molar-refractivity contribution in [2.45, 2.75) is 51.8 Å². The third-order valence-corrected chi connectivity index (χ3v) is 7.77. The minimum absolute atomic E-state index is 0.00869. The summed E-state index contributed by atoms with van der Waals surface area (Å²) in [6, 6.07) is 34.4. The van der Waals surface area contributed by atoms with E-state index in [-0.39, 0.29) is 18.2 Å². The lowest BCUT2D eigenvalue weighted by molar-refractivity contribution is 0.568. The highest BCUT2D eigenvalue weighted by atomic mass is 15.5. The Morgan fingerprint density at radius 2 is 1.21 bits per heavy atom. The zero-order chi connectivity index (χ0) is 24.3. The molecule has 3 unspecified atom stereocenters. The zero-order valence-corrected chi connectivity index (χ0v) is 20.4. The Morgan fingerprint density at radius 3 is 1.91 bits per heavy atom. The average molecular weight is 446 g/mol. The molecule has 4 atom stereocenters. The monoisotopic (exact) mass is 445 g/mol. The van der Waals surface area contributed by atoms with Gasteiger partial charge in [-0.15, -0.1) is 0 Å². The van der Waals surface area contributed by atoms with Crippen molar-refractivity contribution in [3.05, 3.63) is 130 Å². The van der Waals surface area contributed by atoms with Gasteiger partial charge in [0, 0.05) is 30.2 Å². The highest BCUT2D eigenvalue weighted by Crippen LogP contribution is 2.56. The van der Waals surface area contributed by atoms with Gasteiger partial charge >= 0.3 is 0 Å². The molecule has 6 rings (SSSR count). The highest BCUT2D eigenvalue weighted by molar-refractivity contribution is 5.73. The molecular weight excluding hydrogens is 412 g/mol. The van der Waals surface area contributed by atoms with Crippen LogP contribution in [-0.4, -0.2) is 12.1 Å². The van der Waals surface area contributed by atoms with Crippen LogP contribution >= 0.6 is 0 Å². The molecule has 0 bridgehead atoms. The second-order valence-electron chi connectivity index (χ2n) is 9.76. The molecule has 1 saturated heterocycles. The van der Waals surface area contributed by atoms with Crippen molar-refractivity contribution < 1.29 is 1.37 Å². The number of aryl methyl sites for hydroxylation is 3. The third kappa shape index (κ3) is 3.01. The molecule has 4 aromatic rings. The van der Waals surface area contributed by atoms with Gasteiger partial charge in [-0.3, -0.25) is 0 Å². The largest absolute Gasteiger partial charge is 0.342 e. The fourth-order valence-corrected chi connectivity index (χ4v) is 6.30. The second kappa shape index (κ2) is 8.06. The van der Waals surface area contributed by atoms with Gasteiger partial charge in [-0.05, 0) is 67.6 Å². The molecule has 0 radical (unpaired) electrons. The quantitative estimate of drug-likeness (QED) is 0.321. The molecule has 0 spiro atoms. The van der Waals surface area contributed by atoms with E-state index in [4.69, 9.17) is 0 Å². The number of nitrogens with zero attached hydrogens (tertiary/aromatic N) is 2. The molecule has 0 saturated carbocycles. The number of rotatable bonds is 3. The predicted molar refractivity (Wildman–Crippen MR) is 143 cm³/mol. The van der Waals surface area contributed by atoms with Crippen LogP contribution in [0.5, 0.6) is 0 Å². The van der Waals surface area contributed by atoms with Crippen LogP contribution in [0.25, 0.3) is 0 Å². The van der Waals surface area contributed by atoms with E-state index >= 15 is 0 Å². The first kappa shape index (κ1) is 19.9. The highest BCUT2D eigenvalue weighted by Gasteiger charge is 2.54. The van der Waals surface area contributed by atoms with Gasteiger partial charge in [0.05, 0.1) is 6.04 Å². The van der Waals surface area contributed by atoms with Crippen LogP contribution in [0.3, 0.4) is 0 Å². The molecule has 0 amide bonds. The molecule has 0 N–H and O–H groups in total. The molecule has 2 nitrogen and oxygen atoms in total. The number of hydrogen-bond acceptors (Lipinski definition) is 2. The molecule has 2 heteroatoms. The van der Waals surface area contributed by atoms with Crippen molar-refractivity contribution in [3.63, 3.8) is 0 Å². The van der Waals surface area contributed by atoms with Crippen LogP contribution in [0.4, 0.5) is 11.4 Å². The van der Waals surface area contributed by atoms with E-state index in [1.54, 1.807) is 0 Å². The van der Waals surface area contributed by atoms with Crippen molar-refractivity contribution in [2.75, 3.05) is 9.80 Å². The number of benzene rings is 4. The van der Waals surface area contributed by atoms with Gasteiger partial charge in [-0.25, -0.2) is 0 Å². The summed E-state index contributed by atoms with van der Waals surface area (Å²) in [7, 11) is 0. The van der Waals surface area contributed by atoms with Gasteiger partial charge < -0.3 is 9.80 Å². The fourth-order valence-electron chi connectivity index (χ4n) is 6.30. The standard InChI is InChI=1S/C32H32N2/c1-21-13-8-10-19-27(21)33-24(4)31-30(25-16-6-5-7-17-25)26-18-9-11-20-28(26)34(31)32(33)29-22(2)14-12-15-23(29)3/h5-20,24,30-32H,1-4H3/t24-,30?,31?,32?/m0/s1/i30D. The molecule has 2 aliphatic rings. The van der Waals surface area contributed by atoms with Crippen molar-refractivity contribution in [1.82, 2.24) is 0 Å². The maximum absolute atomic E-state index is 10.2. The summed E-state index contributed by atoms with van der Waals surface area (Å²) in [6.07, 6.45) is 0.00869. The van der Waals surface area contributed by atoms with Crippen molar-refractivity contribution in [1.29, 1.82) is 0 Å². The Hall–Kier alpha value is -3.52. The lowest BCUT2D eigenvalue weighted by Crippen LogP contribution is -2.37. The predicted octanol–water partition coefficient (Wildman–Crippen LogP) is 7.54. The lowest BCUT2D eigenvalue weighted by Gasteiger charge is -2.36. The summed E-state index contributed by atoms with van der Waals surface area (Å²) in [5, 5.41) is 0. The van der Waals surface area contributed by atoms with Gasteiger partial charge in [0.15, 0.2) is 0 Å². The zero-order valence-electron chi connectivity index (χ0n) is 21.4. The topological polar surface area (TPSA) is 6.48 Å². The Balaban J connectivity index is 1.67. The third-order valence-electron chi connectivity index (χ3n) is 7.77. The summed E-state index contributed by atoms with van der Waals surface area (Å²) in [5.74, 6) is -0.871. The molecule has 0 aliphatic carbocycles. The molecular formula is C32H32N2. The number of fused-ring (bicyclic) bond motifs is 3. The number of para-hydroxylation sites is 2. The van der Waals surface area contributed by atoms with Crippen LogP contribution in [0, 0.1) is 20.8 Å². The van der Waals surface area contributed by atoms with Gasteiger partial charge in [0.1, 0.15) is 6.17 Å². The Labute approximate surface area is 204 Å². The van der Waals surface area contributed by atoms with Gasteiger partial charge in [-0.1, -0.05) is 84.9 Å². The van der Waals surface area contributed by atoms with E-state index in [0.717, 1.165) is 11.1 Å². The number of anilines is 2. The minimum atomic E-state index is -0.871. The van der Waals surface area contributed by atoms with E-state index in [1.807, 2.05) is 6.07 Å². The van der Waals surface area contributed by atoms with Crippen LogP contribution < -0.4 is 9.80 Å². The summed E-state index contributed by atoms with van der Waals surface area (Å²) in [4.78, 5) is 5.14. The summed E-state index contributed by atoms with van der Waals surface area (Å²) < 4.78 is 10.2. The van der Waals surface area contributed by atoms with E-state index < -0.39 is 5.89 Å². The van der Waals surface area contributed by atoms with Crippen molar-refractivity contribution in [3.8, 4) is 0 Å². The molecule has 2 aliphatic heterocycles. The first-order valence-electron chi connectivity index (χ1n) is 12.8. The molecule has 34 heavy (non-hydrogen) atoms. The first-order valence-corrected chi connectivity index (χ1v) is 12.3. The summed E-state index contributed by atoms with van der Waals surface area (Å²) >= 11 is 0. The maximum Gasteiger partial charge on any atom is 0.129 e. The van der Waals surface area contributed by atoms with Crippen molar-refractivity contribution >= 4 is 11.4 Å². The molecule has 4 aromatic carbocycles. The molecule has 0 aromatic heterocycles. The Kier molecular flexibility index (Phi) is 4.72. The molecule has 1 fully saturated rings. The smallest absolute Gasteiger partial charge is 0.129 e. The minimum Gasteiger partial charge on any atom is -0.342 e.